The first-order valence-corrected chi connectivity index (χ1v) is 6.87. The average Bonchev–Trinajstić information content (AvgIpc) is 2.86. The Balaban J connectivity index is 2.18. The number of carbonyl (C=O) groups excluding carboxylic acids is 1. The molecule has 2 rings (SSSR count). The smallest absolute Gasteiger partial charge is 0.229 e. The molecule has 1 heterocycles. The van der Waals surface area contributed by atoms with Crippen molar-refractivity contribution < 1.29 is 14.3 Å². The topological polar surface area (TPSA) is 59.6 Å². The molecule has 110 valence electrons. The van der Waals surface area contributed by atoms with E-state index in [-0.39, 0.29) is 11.8 Å². The van der Waals surface area contributed by atoms with Crippen LogP contribution >= 0.6 is 11.6 Å². The number of benzene rings is 1. The van der Waals surface area contributed by atoms with Crippen molar-refractivity contribution in [2.45, 2.75) is 6.92 Å². The van der Waals surface area contributed by atoms with Crippen LogP contribution in [0.2, 0.25) is 5.02 Å². The predicted octanol–water partition coefficient (Wildman–Crippen LogP) is 2.15. The Labute approximate surface area is 123 Å². The summed E-state index contributed by atoms with van der Waals surface area (Å²) in [7, 11) is 3.08. The fourth-order valence-corrected chi connectivity index (χ4v) is 2.54. The zero-order valence-electron chi connectivity index (χ0n) is 11.8. The molecule has 0 saturated carbocycles. The van der Waals surface area contributed by atoms with Gasteiger partial charge < -0.3 is 20.1 Å². The molecule has 1 aliphatic heterocycles. The van der Waals surface area contributed by atoms with E-state index < -0.39 is 0 Å². The molecule has 0 bridgehead atoms. The van der Waals surface area contributed by atoms with Gasteiger partial charge in [-0.3, -0.25) is 4.79 Å². The van der Waals surface area contributed by atoms with E-state index in [1.54, 1.807) is 19.2 Å². The van der Waals surface area contributed by atoms with Gasteiger partial charge in [-0.05, 0) is 12.5 Å². The van der Waals surface area contributed by atoms with Crippen LogP contribution in [0.25, 0.3) is 0 Å². The first-order chi connectivity index (χ1) is 9.56. The summed E-state index contributed by atoms with van der Waals surface area (Å²) >= 11 is 6.16. The lowest BCUT2D eigenvalue weighted by atomic mass is 9.97. The minimum atomic E-state index is -0.0424. The number of hydrogen-bond donors (Lipinski definition) is 2. The van der Waals surface area contributed by atoms with E-state index in [4.69, 9.17) is 21.1 Å². The van der Waals surface area contributed by atoms with Crippen LogP contribution in [0, 0.1) is 11.8 Å². The molecular formula is C14H19ClN2O3. The van der Waals surface area contributed by atoms with E-state index >= 15 is 0 Å². The molecule has 0 radical (unpaired) electrons. The van der Waals surface area contributed by atoms with Gasteiger partial charge in [-0.2, -0.15) is 0 Å². The molecule has 1 aliphatic rings. The maximum absolute atomic E-state index is 12.2. The van der Waals surface area contributed by atoms with Gasteiger partial charge in [0.1, 0.15) is 0 Å². The van der Waals surface area contributed by atoms with E-state index in [0.29, 0.717) is 34.7 Å². The van der Waals surface area contributed by atoms with Crippen LogP contribution in [0.1, 0.15) is 6.92 Å². The number of anilines is 1. The third-order valence-electron chi connectivity index (χ3n) is 3.59. The summed E-state index contributed by atoms with van der Waals surface area (Å²) in [6.07, 6.45) is 0. The molecule has 20 heavy (non-hydrogen) atoms. The SMILES string of the molecule is COc1cc(Cl)c(NC(=O)C2CNCC2C)cc1OC. The number of carbonyl (C=O) groups is 1. The number of rotatable bonds is 4. The van der Waals surface area contributed by atoms with Crippen molar-refractivity contribution in [1.82, 2.24) is 5.32 Å². The second-order valence-corrected chi connectivity index (χ2v) is 5.33. The quantitative estimate of drug-likeness (QED) is 0.894. The normalized spacial score (nSPS) is 21.6. The van der Waals surface area contributed by atoms with E-state index in [9.17, 15) is 4.79 Å². The highest BCUT2D eigenvalue weighted by Gasteiger charge is 2.30. The Morgan fingerprint density at radius 2 is 1.95 bits per heavy atom. The van der Waals surface area contributed by atoms with Crippen molar-refractivity contribution in [3.63, 3.8) is 0 Å². The molecule has 1 aromatic rings. The minimum absolute atomic E-state index is 0.0309. The number of methoxy groups -OCH3 is 2. The Hall–Kier alpha value is -1.46. The highest BCUT2D eigenvalue weighted by Crippen LogP contribution is 2.36. The van der Waals surface area contributed by atoms with Crippen LogP contribution in [0.15, 0.2) is 12.1 Å². The molecular weight excluding hydrogens is 280 g/mol. The summed E-state index contributed by atoms with van der Waals surface area (Å²) in [6.45, 7) is 3.61. The standard InChI is InChI=1S/C14H19ClN2O3/c1-8-6-16-7-9(8)14(18)17-11-5-13(20-3)12(19-2)4-10(11)15/h4-5,8-9,16H,6-7H2,1-3H3,(H,17,18). The molecule has 0 aromatic heterocycles. The van der Waals surface area contributed by atoms with Gasteiger partial charge in [-0.1, -0.05) is 18.5 Å². The van der Waals surface area contributed by atoms with Crippen LogP contribution < -0.4 is 20.1 Å². The third kappa shape index (κ3) is 2.99. The summed E-state index contributed by atoms with van der Waals surface area (Å²) in [5.74, 6) is 1.31. The molecule has 1 saturated heterocycles. The number of nitrogens with one attached hydrogen (secondary N) is 2. The minimum Gasteiger partial charge on any atom is -0.493 e. The van der Waals surface area contributed by atoms with Crippen molar-refractivity contribution in [3.8, 4) is 11.5 Å². The highest BCUT2D eigenvalue weighted by atomic mass is 35.5. The van der Waals surface area contributed by atoms with Gasteiger partial charge in [0.05, 0.1) is 30.8 Å². The van der Waals surface area contributed by atoms with Crippen LogP contribution in [-0.2, 0) is 4.79 Å². The van der Waals surface area contributed by atoms with E-state index in [1.807, 2.05) is 0 Å². The van der Waals surface area contributed by atoms with Crippen LogP contribution in [0.4, 0.5) is 5.69 Å². The second-order valence-electron chi connectivity index (χ2n) is 4.92. The summed E-state index contributed by atoms with van der Waals surface area (Å²) in [4.78, 5) is 12.2. The number of hydrogen-bond acceptors (Lipinski definition) is 4. The average molecular weight is 299 g/mol. The first kappa shape index (κ1) is 14.9. The summed E-state index contributed by atoms with van der Waals surface area (Å²) in [6, 6.07) is 3.30. The second kappa shape index (κ2) is 6.33. The van der Waals surface area contributed by atoms with Gasteiger partial charge in [-0.15, -0.1) is 0 Å². The Morgan fingerprint density at radius 1 is 1.30 bits per heavy atom. The van der Waals surface area contributed by atoms with Gasteiger partial charge in [0.25, 0.3) is 0 Å². The predicted molar refractivity (Wildman–Crippen MR) is 78.7 cm³/mol. The molecule has 2 unspecified atom stereocenters. The van der Waals surface area contributed by atoms with Crippen molar-refractivity contribution >= 4 is 23.2 Å². The molecule has 0 aliphatic carbocycles. The maximum atomic E-state index is 12.2. The lowest BCUT2D eigenvalue weighted by Gasteiger charge is -2.16. The summed E-state index contributed by atoms with van der Waals surface area (Å²) < 4.78 is 10.4. The summed E-state index contributed by atoms with van der Waals surface area (Å²) in [5, 5.41) is 6.49. The van der Waals surface area contributed by atoms with Gasteiger partial charge in [0.15, 0.2) is 11.5 Å². The zero-order valence-corrected chi connectivity index (χ0v) is 12.6. The Bertz CT molecular complexity index is 507. The fraction of sp³-hybridized carbons (Fsp3) is 0.500. The number of halogens is 1. The van der Waals surface area contributed by atoms with E-state index in [1.165, 1.54) is 7.11 Å². The number of ether oxygens (including phenoxy) is 2. The summed E-state index contributed by atoms with van der Waals surface area (Å²) in [5.41, 5.74) is 0.536. The van der Waals surface area contributed by atoms with Crippen LogP contribution in [0.5, 0.6) is 11.5 Å². The van der Waals surface area contributed by atoms with Gasteiger partial charge in [0.2, 0.25) is 5.91 Å². The molecule has 0 spiro atoms. The lowest BCUT2D eigenvalue weighted by molar-refractivity contribution is -0.120. The van der Waals surface area contributed by atoms with Crippen molar-refractivity contribution in [3.05, 3.63) is 17.2 Å². The molecule has 1 aromatic carbocycles. The third-order valence-corrected chi connectivity index (χ3v) is 3.90. The maximum Gasteiger partial charge on any atom is 0.229 e. The molecule has 6 heteroatoms. The monoisotopic (exact) mass is 298 g/mol. The molecule has 1 fully saturated rings. The van der Waals surface area contributed by atoms with Crippen molar-refractivity contribution in [2.75, 3.05) is 32.6 Å². The molecule has 5 nitrogen and oxygen atoms in total. The van der Waals surface area contributed by atoms with Crippen molar-refractivity contribution in [2.24, 2.45) is 11.8 Å². The largest absolute Gasteiger partial charge is 0.493 e. The molecule has 2 atom stereocenters. The Morgan fingerprint density at radius 3 is 2.50 bits per heavy atom. The Kier molecular flexibility index (Phi) is 4.73. The first-order valence-electron chi connectivity index (χ1n) is 6.50. The van der Waals surface area contributed by atoms with Crippen molar-refractivity contribution in [1.29, 1.82) is 0 Å². The van der Waals surface area contributed by atoms with Gasteiger partial charge >= 0.3 is 0 Å². The van der Waals surface area contributed by atoms with Crippen LogP contribution in [0.3, 0.4) is 0 Å². The van der Waals surface area contributed by atoms with Crippen LogP contribution in [-0.4, -0.2) is 33.2 Å². The van der Waals surface area contributed by atoms with E-state index in [0.717, 1.165) is 6.54 Å². The highest BCUT2D eigenvalue weighted by molar-refractivity contribution is 6.34. The number of amides is 1. The van der Waals surface area contributed by atoms with E-state index in [2.05, 4.69) is 17.6 Å². The fourth-order valence-electron chi connectivity index (χ4n) is 2.34. The molecule has 2 N–H and O–H groups in total. The van der Waals surface area contributed by atoms with Gasteiger partial charge in [0, 0.05) is 18.7 Å². The van der Waals surface area contributed by atoms with Gasteiger partial charge in [-0.25, -0.2) is 0 Å². The lowest BCUT2D eigenvalue weighted by Crippen LogP contribution is -2.27. The zero-order chi connectivity index (χ0) is 14.7. The molecule has 1 amide bonds.